The van der Waals surface area contributed by atoms with Gasteiger partial charge in [-0.3, -0.25) is 0 Å². The van der Waals surface area contributed by atoms with E-state index in [-0.39, 0.29) is 91.1 Å². The van der Waals surface area contributed by atoms with Gasteiger partial charge in [-0.05, 0) is 37.9 Å². The van der Waals surface area contributed by atoms with Crippen molar-refractivity contribution in [3.05, 3.63) is 79.7 Å². The minimum atomic E-state index is -1.30. The molecule has 5 rings (SSSR count). The second kappa shape index (κ2) is 8.20. The summed E-state index contributed by atoms with van der Waals surface area (Å²) in [4.78, 5) is 12.7. The first kappa shape index (κ1) is 23.2. The summed E-state index contributed by atoms with van der Waals surface area (Å²) in [7, 11) is 0. The zero-order valence-corrected chi connectivity index (χ0v) is 22.6. The first-order chi connectivity index (χ1) is 12.9. The van der Waals surface area contributed by atoms with Gasteiger partial charge < -0.3 is 19.7 Å². The van der Waals surface area contributed by atoms with Crippen molar-refractivity contribution in [2.45, 2.75) is 5.60 Å². The number of hydrogen-bond donors (Lipinski definition) is 0. The summed E-state index contributed by atoms with van der Waals surface area (Å²) >= 11 is 6.55. The number of esters is 1. The van der Waals surface area contributed by atoms with Crippen LogP contribution in [-0.4, -0.2) is 5.97 Å². The maximum Gasteiger partial charge on any atom is 1.00 e. The molecule has 0 atom stereocenters. The van der Waals surface area contributed by atoms with Gasteiger partial charge in [0.2, 0.25) is 0 Å². The molecule has 1 spiro atoms. The Labute approximate surface area is 227 Å². The van der Waals surface area contributed by atoms with E-state index in [0.717, 1.165) is 0 Å². The maximum atomic E-state index is 12.7. The molecular weight excluding hydrogens is 526 g/mol. The van der Waals surface area contributed by atoms with Crippen LogP contribution in [-0.2, 0) is 10.3 Å². The molecule has 0 radical (unpaired) electrons. The molecule has 0 unspecified atom stereocenters. The summed E-state index contributed by atoms with van der Waals surface area (Å²) in [5.74, 6) is -0.579. The number of hydrogen-bond acceptors (Lipinski definition) is 5. The van der Waals surface area contributed by atoms with Gasteiger partial charge in [0.25, 0.3) is 0 Å². The van der Waals surface area contributed by atoms with Crippen LogP contribution in [0.15, 0.2) is 57.5 Å². The van der Waals surface area contributed by atoms with Crippen molar-refractivity contribution in [3.8, 4) is 23.0 Å². The molecule has 0 saturated heterocycles. The fraction of sp³-hybridized carbons (Fsp3) is 0.0500. The number of fused-ring (bicyclic) bond motifs is 6. The molecular formula is C20H8Br2Na2O5. The van der Waals surface area contributed by atoms with Gasteiger partial charge in [-0.1, -0.05) is 54.0 Å². The van der Waals surface area contributed by atoms with Crippen LogP contribution < -0.4 is 74.1 Å². The van der Waals surface area contributed by atoms with Crippen LogP contribution >= 0.6 is 31.9 Å². The largest absolute Gasteiger partial charge is 1.00 e. The van der Waals surface area contributed by atoms with E-state index >= 15 is 0 Å². The molecule has 2 aliphatic rings. The average molecular weight is 534 g/mol. The van der Waals surface area contributed by atoms with Gasteiger partial charge in [0, 0.05) is 16.7 Å². The van der Waals surface area contributed by atoms with Crippen molar-refractivity contribution in [2.24, 2.45) is 0 Å². The molecule has 0 N–H and O–H groups in total. The molecule has 3 aromatic carbocycles. The first-order valence-corrected chi connectivity index (χ1v) is 9.54. The van der Waals surface area contributed by atoms with Gasteiger partial charge in [0.05, 0.1) is 14.5 Å². The minimum Gasteiger partial charge on any atom is -0.872 e. The van der Waals surface area contributed by atoms with Gasteiger partial charge in [0.15, 0.2) is 5.60 Å². The number of rotatable bonds is 0. The van der Waals surface area contributed by atoms with Crippen molar-refractivity contribution >= 4 is 37.8 Å². The first-order valence-electron chi connectivity index (χ1n) is 7.96. The van der Waals surface area contributed by atoms with Crippen LogP contribution in [0.3, 0.4) is 0 Å². The van der Waals surface area contributed by atoms with Gasteiger partial charge in [-0.25, -0.2) is 4.79 Å². The molecule has 0 aromatic heterocycles. The van der Waals surface area contributed by atoms with Crippen LogP contribution in [0.2, 0.25) is 0 Å². The molecule has 0 aliphatic carbocycles. The van der Waals surface area contributed by atoms with Gasteiger partial charge in [0.1, 0.15) is 11.5 Å². The van der Waals surface area contributed by atoms with Crippen LogP contribution in [0.5, 0.6) is 23.0 Å². The van der Waals surface area contributed by atoms with Gasteiger partial charge in [-0.15, -0.1) is 0 Å². The van der Waals surface area contributed by atoms with Gasteiger partial charge in [-0.2, -0.15) is 0 Å². The Hall–Kier alpha value is -0.510. The van der Waals surface area contributed by atoms with E-state index in [2.05, 4.69) is 31.9 Å². The van der Waals surface area contributed by atoms with Crippen molar-refractivity contribution in [1.29, 1.82) is 0 Å². The Bertz CT molecular complexity index is 1110. The predicted molar refractivity (Wildman–Crippen MR) is 99.0 cm³/mol. The van der Waals surface area contributed by atoms with Gasteiger partial charge >= 0.3 is 65.1 Å². The zero-order valence-electron chi connectivity index (χ0n) is 15.4. The van der Waals surface area contributed by atoms with E-state index in [4.69, 9.17) is 9.47 Å². The third-order valence-corrected chi connectivity index (χ3v) is 6.36. The predicted octanol–water partition coefficient (Wildman–Crippen LogP) is -2.07. The zero-order chi connectivity index (χ0) is 18.9. The van der Waals surface area contributed by atoms with E-state index in [0.29, 0.717) is 22.3 Å². The second-order valence-corrected chi connectivity index (χ2v) is 7.81. The van der Waals surface area contributed by atoms with Crippen molar-refractivity contribution in [1.82, 2.24) is 0 Å². The standard InChI is InChI=1S/C20H10Br2O5.2Na/c21-15-13(23)7-5-11-17(15)26-18-12(6-8-14(24)16(18)22)20(11)10-4-2-1-3-9(10)19(25)27-20;;/h1-8,23-24H;;/q;2*+1/p-2. The Kier molecular flexibility index (Phi) is 6.55. The van der Waals surface area contributed by atoms with Crippen LogP contribution in [0, 0.1) is 0 Å². The maximum absolute atomic E-state index is 12.7. The van der Waals surface area contributed by atoms with E-state index in [1.165, 1.54) is 12.1 Å². The summed E-state index contributed by atoms with van der Waals surface area (Å²) in [6, 6.07) is 13.0. The fourth-order valence-corrected chi connectivity index (χ4v) is 4.55. The van der Waals surface area contributed by atoms with Crippen molar-refractivity contribution in [2.75, 3.05) is 0 Å². The smallest absolute Gasteiger partial charge is 0.872 e. The third kappa shape index (κ3) is 3.13. The van der Waals surface area contributed by atoms with Crippen LogP contribution in [0.1, 0.15) is 27.0 Å². The molecule has 29 heavy (non-hydrogen) atoms. The number of halogens is 2. The van der Waals surface area contributed by atoms with Crippen molar-refractivity contribution in [3.63, 3.8) is 0 Å². The molecule has 0 saturated carbocycles. The van der Waals surface area contributed by atoms with E-state index in [9.17, 15) is 15.0 Å². The Balaban J connectivity index is 0.00000120. The van der Waals surface area contributed by atoms with Crippen LogP contribution in [0.25, 0.3) is 0 Å². The summed E-state index contributed by atoms with van der Waals surface area (Å²) < 4.78 is 12.3. The molecule has 3 aromatic rings. The third-order valence-electron chi connectivity index (χ3n) is 4.86. The minimum absolute atomic E-state index is 0. The normalized spacial score (nSPS) is 14.5. The molecule has 2 aliphatic heterocycles. The second-order valence-electron chi connectivity index (χ2n) is 6.23. The Morgan fingerprint density at radius 2 is 1.28 bits per heavy atom. The van der Waals surface area contributed by atoms with E-state index in [1.807, 2.05) is 6.07 Å². The molecule has 0 bridgehead atoms. The Morgan fingerprint density at radius 1 is 0.759 bits per heavy atom. The summed E-state index contributed by atoms with van der Waals surface area (Å²) in [5, 5.41) is 24.3. The molecule has 0 fully saturated rings. The molecule has 0 amide bonds. The molecule has 5 nitrogen and oxygen atoms in total. The van der Waals surface area contributed by atoms with Crippen LogP contribution in [0.4, 0.5) is 0 Å². The number of benzene rings is 3. The number of carbonyl (C=O) groups excluding carboxylic acids is 1. The molecule has 2 heterocycles. The monoisotopic (exact) mass is 532 g/mol. The summed E-state index contributed by atoms with van der Waals surface area (Å²) in [6.45, 7) is 0. The quantitative estimate of drug-likeness (QED) is 0.245. The van der Waals surface area contributed by atoms with E-state index < -0.39 is 11.6 Å². The number of carbonyl (C=O) groups is 1. The van der Waals surface area contributed by atoms with Crippen molar-refractivity contribution < 1.29 is 83.6 Å². The number of ether oxygens (including phenoxy) is 2. The topological polar surface area (TPSA) is 81.7 Å². The average Bonchev–Trinajstić information content (AvgIpc) is 2.96. The summed E-state index contributed by atoms with van der Waals surface area (Å²) in [6.07, 6.45) is 0. The molecule has 9 heteroatoms. The molecule has 134 valence electrons. The van der Waals surface area contributed by atoms with E-state index in [1.54, 1.807) is 30.3 Å². The fourth-order valence-electron chi connectivity index (χ4n) is 3.69. The Morgan fingerprint density at radius 3 is 1.83 bits per heavy atom. The SMILES string of the molecule is O=C1OC2(c3ccccc31)c1ccc([O-])c(Br)c1Oc1c2ccc([O-])c1Br.[Na+].[Na+]. The summed E-state index contributed by atoms with van der Waals surface area (Å²) in [5.41, 5.74) is 0.803.